The second kappa shape index (κ2) is 10.4. The van der Waals surface area contributed by atoms with Crippen LogP contribution in [0.3, 0.4) is 0 Å². The number of thiazole rings is 1. The third kappa shape index (κ3) is 6.04. The summed E-state index contributed by atoms with van der Waals surface area (Å²) in [5.74, 6) is 0.176. The van der Waals surface area contributed by atoms with Gasteiger partial charge < -0.3 is 20.3 Å². The first kappa shape index (κ1) is 22.7. The van der Waals surface area contributed by atoms with E-state index >= 15 is 0 Å². The van der Waals surface area contributed by atoms with E-state index in [1.165, 1.54) is 11.3 Å². The molecule has 1 fully saturated rings. The Labute approximate surface area is 186 Å². The lowest BCUT2D eigenvalue weighted by atomic mass is 9.95. The van der Waals surface area contributed by atoms with E-state index < -0.39 is 0 Å². The number of nitrogens with zero attached hydrogens (tertiary/aromatic N) is 2. The van der Waals surface area contributed by atoms with Crippen molar-refractivity contribution in [2.75, 3.05) is 30.8 Å². The SMILES string of the molecule is COc1ccccc1NC(=O)C1CCN(C(=O)Cc2csc(NC(=O)C(C)C)n2)CC1. The van der Waals surface area contributed by atoms with Crippen LogP contribution in [0, 0.1) is 11.8 Å². The van der Waals surface area contributed by atoms with E-state index in [0.29, 0.717) is 48.2 Å². The zero-order valence-electron chi connectivity index (χ0n) is 18.0. The van der Waals surface area contributed by atoms with Gasteiger partial charge in [-0.2, -0.15) is 0 Å². The molecule has 3 amide bonds. The molecule has 166 valence electrons. The largest absolute Gasteiger partial charge is 0.495 e. The second-order valence-corrected chi connectivity index (χ2v) is 8.67. The van der Waals surface area contributed by atoms with Crippen molar-refractivity contribution in [3.05, 3.63) is 35.3 Å². The summed E-state index contributed by atoms with van der Waals surface area (Å²) in [6.07, 6.45) is 1.41. The minimum Gasteiger partial charge on any atom is -0.495 e. The highest BCUT2D eigenvalue weighted by Crippen LogP contribution is 2.26. The number of hydrogen-bond donors (Lipinski definition) is 2. The second-order valence-electron chi connectivity index (χ2n) is 7.81. The van der Waals surface area contributed by atoms with Crippen LogP contribution in [0.25, 0.3) is 0 Å². The summed E-state index contributed by atoms with van der Waals surface area (Å²) in [5.41, 5.74) is 1.29. The molecular formula is C22H28N4O4S. The van der Waals surface area contributed by atoms with Gasteiger partial charge in [-0.25, -0.2) is 4.98 Å². The number of nitrogens with one attached hydrogen (secondary N) is 2. The molecule has 0 saturated carbocycles. The molecule has 1 saturated heterocycles. The molecule has 0 radical (unpaired) electrons. The lowest BCUT2D eigenvalue weighted by Crippen LogP contribution is -2.42. The lowest BCUT2D eigenvalue weighted by Gasteiger charge is -2.31. The smallest absolute Gasteiger partial charge is 0.228 e. The monoisotopic (exact) mass is 444 g/mol. The highest BCUT2D eigenvalue weighted by molar-refractivity contribution is 7.13. The van der Waals surface area contributed by atoms with Gasteiger partial charge in [-0.05, 0) is 25.0 Å². The Morgan fingerprint density at radius 2 is 1.90 bits per heavy atom. The van der Waals surface area contributed by atoms with Gasteiger partial charge in [0, 0.05) is 30.3 Å². The number of hydrogen-bond acceptors (Lipinski definition) is 6. The molecular weight excluding hydrogens is 416 g/mol. The summed E-state index contributed by atoms with van der Waals surface area (Å²) < 4.78 is 5.28. The van der Waals surface area contributed by atoms with Crippen LogP contribution in [-0.2, 0) is 20.8 Å². The summed E-state index contributed by atoms with van der Waals surface area (Å²) in [6, 6.07) is 7.30. The van der Waals surface area contributed by atoms with Gasteiger partial charge in [0.25, 0.3) is 0 Å². The molecule has 0 spiro atoms. The molecule has 2 aromatic rings. The zero-order chi connectivity index (χ0) is 22.4. The van der Waals surface area contributed by atoms with E-state index in [0.717, 1.165) is 0 Å². The number of anilines is 2. The first-order valence-corrected chi connectivity index (χ1v) is 11.2. The maximum absolute atomic E-state index is 12.6. The number of likely N-dealkylation sites (tertiary alicyclic amines) is 1. The van der Waals surface area contributed by atoms with Crippen LogP contribution in [0.4, 0.5) is 10.8 Å². The number of benzene rings is 1. The summed E-state index contributed by atoms with van der Waals surface area (Å²) in [5, 5.41) is 7.98. The van der Waals surface area contributed by atoms with Crippen molar-refractivity contribution in [3.8, 4) is 5.75 Å². The van der Waals surface area contributed by atoms with E-state index in [9.17, 15) is 14.4 Å². The third-order valence-corrected chi connectivity index (χ3v) is 6.03. The van der Waals surface area contributed by atoms with Crippen LogP contribution < -0.4 is 15.4 Å². The van der Waals surface area contributed by atoms with Crippen LogP contribution in [-0.4, -0.2) is 47.8 Å². The predicted octanol–water partition coefficient (Wildman–Crippen LogP) is 3.17. The van der Waals surface area contributed by atoms with E-state index in [2.05, 4.69) is 15.6 Å². The number of methoxy groups -OCH3 is 1. The van der Waals surface area contributed by atoms with Gasteiger partial charge in [-0.1, -0.05) is 26.0 Å². The van der Waals surface area contributed by atoms with E-state index in [4.69, 9.17) is 4.74 Å². The first-order valence-electron chi connectivity index (χ1n) is 10.3. The number of carbonyl (C=O) groups excluding carboxylic acids is 3. The molecule has 8 nitrogen and oxygen atoms in total. The Morgan fingerprint density at radius 3 is 2.58 bits per heavy atom. The van der Waals surface area contributed by atoms with E-state index in [1.54, 1.807) is 29.5 Å². The fourth-order valence-electron chi connectivity index (χ4n) is 3.34. The molecule has 1 aliphatic rings. The molecule has 1 aromatic carbocycles. The highest BCUT2D eigenvalue weighted by Gasteiger charge is 2.28. The van der Waals surface area contributed by atoms with Gasteiger partial charge in [0.2, 0.25) is 17.7 Å². The number of amides is 3. The maximum atomic E-state index is 12.6. The lowest BCUT2D eigenvalue weighted by molar-refractivity contribution is -0.133. The molecule has 0 atom stereocenters. The van der Waals surface area contributed by atoms with Crippen molar-refractivity contribution < 1.29 is 19.1 Å². The Kier molecular flexibility index (Phi) is 7.62. The van der Waals surface area contributed by atoms with Gasteiger partial charge in [-0.3, -0.25) is 14.4 Å². The normalized spacial score (nSPS) is 14.4. The summed E-state index contributed by atoms with van der Waals surface area (Å²) >= 11 is 1.32. The molecule has 0 bridgehead atoms. The zero-order valence-corrected chi connectivity index (χ0v) is 18.8. The van der Waals surface area contributed by atoms with Gasteiger partial charge in [0.1, 0.15) is 5.75 Å². The van der Waals surface area contributed by atoms with Crippen molar-refractivity contribution in [2.45, 2.75) is 33.1 Å². The number of para-hydroxylation sites is 2. The highest BCUT2D eigenvalue weighted by atomic mass is 32.1. The van der Waals surface area contributed by atoms with Crippen molar-refractivity contribution >= 4 is 39.9 Å². The number of piperidine rings is 1. The summed E-state index contributed by atoms with van der Waals surface area (Å²) in [7, 11) is 1.57. The van der Waals surface area contributed by atoms with Crippen molar-refractivity contribution in [3.63, 3.8) is 0 Å². The number of ether oxygens (including phenoxy) is 1. The molecule has 0 aliphatic carbocycles. The molecule has 0 unspecified atom stereocenters. The Bertz CT molecular complexity index is 935. The maximum Gasteiger partial charge on any atom is 0.228 e. The average molecular weight is 445 g/mol. The Hall–Kier alpha value is -2.94. The number of aromatic nitrogens is 1. The third-order valence-electron chi connectivity index (χ3n) is 5.22. The summed E-state index contributed by atoms with van der Waals surface area (Å²) in [4.78, 5) is 43.2. The van der Waals surface area contributed by atoms with Crippen LogP contribution in [0.5, 0.6) is 5.75 Å². The van der Waals surface area contributed by atoms with Gasteiger partial charge in [0.05, 0.1) is 24.9 Å². The Morgan fingerprint density at radius 1 is 1.19 bits per heavy atom. The van der Waals surface area contributed by atoms with Crippen molar-refractivity contribution in [1.29, 1.82) is 0 Å². The van der Waals surface area contributed by atoms with Gasteiger partial charge in [-0.15, -0.1) is 11.3 Å². The predicted molar refractivity (Wildman–Crippen MR) is 120 cm³/mol. The van der Waals surface area contributed by atoms with Crippen LogP contribution in [0.15, 0.2) is 29.6 Å². The van der Waals surface area contributed by atoms with E-state index in [-0.39, 0.29) is 36.0 Å². The summed E-state index contributed by atoms with van der Waals surface area (Å²) in [6.45, 7) is 4.69. The molecule has 31 heavy (non-hydrogen) atoms. The first-order chi connectivity index (χ1) is 14.9. The molecule has 1 aliphatic heterocycles. The standard InChI is InChI=1S/C22H28N4O4S/c1-14(2)20(28)25-22-23-16(13-31-22)12-19(27)26-10-8-15(9-11-26)21(29)24-17-6-4-5-7-18(17)30-3/h4-7,13-15H,8-12H2,1-3H3,(H,24,29)(H,23,25,28). The fraction of sp³-hybridized carbons (Fsp3) is 0.455. The van der Waals surface area contributed by atoms with Gasteiger partial charge in [0.15, 0.2) is 5.13 Å². The van der Waals surface area contributed by atoms with Crippen LogP contribution in [0.1, 0.15) is 32.4 Å². The molecule has 3 rings (SSSR count). The minimum atomic E-state index is -0.147. The molecule has 1 aromatic heterocycles. The van der Waals surface area contributed by atoms with Crippen LogP contribution >= 0.6 is 11.3 Å². The minimum absolute atomic E-state index is 0.0179. The number of rotatable bonds is 7. The topological polar surface area (TPSA) is 101 Å². The van der Waals surface area contributed by atoms with E-state index in [1.807, 2.05) is 26.0 Å². The number of carbonyl (C=O) groups is 3. The molecule has 2 N–H and O–H groups in total. The van der Waals surface area contributed by atoms with Crippen molar-refractivity contribution in [2.24, 2.45) is 11.8 Å². The fourth-order valence-corrected chi connectivity index (χ4v) is 4.05. The van der Waals surface area contributed by atoms with Crippen molar-refractivity contribution in [1.82, 2.24) is 9.88 Å². The average Bonchev–Trinajstić information content (AvgIpc) is 3.20. The Balaban J connectivity index is 1.48. The van der Waals surface area contributed by atoms with Crippen LogP contribution in [0.2, 0.25) is 0 Å². The molecule has 9 heteroatoms. The van der Waals surface area contributed by atoms with Gasteiger partial charge >= 0.3 is 0 Å². The molecule has 2 heterocycles. The quantitative estimate of drug-likeness (QED) is 0.683.